The Morgan fingerprint density at radius 1 is 1.00 bits per heavy atom. The first-order valence-electron chi connectivity index (χ1n) is 11.0. The van der Waals surface area contributed by atoms with Crippen molar-refractivity contribution in [2.75, 3.05) is 31.7 Å². The van der Waals surface area contributed by atoms with Gasteiger partial charge in [0, 0.05) is 19.6 Å². The fourth-order valence-corrected chi connectivity index (χ4v) is 5.13. The Hall–Kier alpha value is -2.77. The molecule has 0 bridgehead atoms. The molecule has 31 heavy (non-hydrogen) atoms. The van der Waals surface area contributed by atoms with E-state index in [-0.39, 0.29) is 12.7 Å². The zero-order chi connectivity index (χ0) is 21.4. The standard InChI is InChI=1S/C24H29N3O4/c1-30-18-6-8-19(9-7-18)31-23-13-17-15-26(14-16(17)12-22(23)29)24-25-20-4-2-3-5-21(20)27(24)10-11-28/h2-9,16-17,22-23,28-29H,10-15H2,1H3/t16-,17+,22+,23+/m0/s1. The van der Waals surface area contributed by atoms with Gasteiger partial charge in [-0.2, -0.15) is 0 Å². The summed E-state index contributed by atoms with van der Waals surface area (Å²) < 4.78 is 13.5. The average molecular weight is 424 g/mol. The smallest absolute Gasteiger partial charge is 0.206 e. The van der Waals surface area contributed by atoms with Crippen molar-refractivity contribution < 1.29 is 19.7 Å². The lowest BCUT2D eigenvalue weighted by atomic mass is 9.78. The van der Waals surface area contributed by atoms with Gasteiger partial charge in [0.1, 0.15) is 17.6 Å². The summed E-state index contributed by atoms with van der Waals surface area (Å²) in [6, 6.07) is 15.6. The minimum Gasteiger partial charge on any atom is -0.497 e. The summed E-state index contributed by atoms with van der Waals surface area (Å²) in [6.45, 7) is 2.35. The van der Waals surface area contributed by atoms with Gasteiger partial charge in [-0.05, 0) is 61.1 Å². The number of ether oxygens (including phenoxy) is 2. The molecular formula is C24H29N3O4. The quantitative estimate of drug-likeness (QED) is 0.635. The number of benzene rings is 2. The maximum Gasteiger partial charge on any atom is 0.206 e. The molecule has 7 heteroatoms. The molecule has 0 unspecified atom stereocenters. The van der Waals surface area contributed by atoms with Crippen molar-refractivity contribution in [3.63, 3.8) is 0 Å². The van der Waals surface area contributed by atoms with Crippen LogP contribution in [0, 0.1) is 11.8 Å². The second-order valence-corrected chi connectivity index (χ2v) is 8.57. The zero-order valence-corrected chi connectivity index (χ0v) is 17.7. The Kier molecular flexibility index (Phi) is 5.46. The van der Waals surface area contributed by atoms with Crippen LogP contribution in [-0.4, -0.2) is 58.8 Å². The summed E-state index contributed by atoms with van der Waals surface area (Å²) in [4.78, 5) is 7.18. The fourth-order valence-electron chi connectivity index (χ4n) is 5.13. The van der Waals surface area contributed by atoms with Gasteiger partial charge in [-0.15, -0.1) is 0 Å². The summed E-state index contributed by atoms with van der Waals surface area (Å²) >= 11 is 0. The Bertz CT molecular complexity index is 1030. The zero-order valence-electron chi connectivity index (χ0n) is 17.7. The minimum atomic E-state index is -0.487. The molecule has 1 aliphatic carbocycles. The Morgan fingerprint density at radius 3 is 2.45 bits per heavy atom. The average Bonchev–Trinajstić information content (AvgIpc) is 3.36. The van der Waals surface area contributed by atoms with E-state index in [4.69, 9.17) is 14.5 Å². The largest absolute Gasteiger partial charge is 0.497 e. The van der Waals surface area contributed by atoms with Crippen molar-refractivity contribution in [3.05, 3.63) is 48.5 Å². The van der Waals surface area contributed by atoms with E-state index in [0.717, 1.165) is 54.4 Å². The molecule has 2 N–H and O–H groups in total. The predicted molar refractivity (Wildman–Crippen MR) is 119 cm³/mol. The normalized spacial score (nSPS) is 25.6. The van der Waals surface area contributed by atoms with Crippen LogP contribution in [-0.2, 0) is 6.54 Å². The summed E-state index contributed by atoms with van der Waals surface area (Å²) in [6.07, 6.45) is 0.835. The van der Waals surface area contributed by atoms with Crippen LogP contribution in [0.5, 0.6) is 11.5 Å². The topological polar surface area (TPSA) is 80.0 Å². The summed E-state index contributed by atoms with van der Waals surface area (Å²) in [5, 5.41) is 20.4. The molecule has 2 aliphatic rings. The molecule has 4 atom stereocenters. The summed E-state index contributed by atoms with van der Waals surface area (Å²) in [7, 11) is 1.64. The van der Waals surface area contributed by atoms with Crippen molar-refractivity contribution in [1.82, 2.24) is 9.55 Å². The van der Waals surface area contributed by atoms with Crippen LogP contribution >= 0.6 is 0 Å². The first-order chi connectivity index (χ1) is 15.2. The van der Waals surface area contributed by atoms with Gasteiger partial charge in [0.2, 0.25) is 5.95 Å². The molecule has 3 aromatic rings. The minimum absolute atomic E-state index is 0.0739. The first-order valence-corrected chi connectivity index (χ1v) is 11.0. The highest BCUT2D eigenvalue weighted by atomic mass is 16.5. The monoisotopic (exact) mass is 423 g/mol. The van der Waals surface area contributed by atoms with Gasteiger partial charge >= 0.3 is 0 Å². The summed E-state index contributed by atoms with van der Waals surface area (Å²) in [5.74, 6) is 3.30. The molecule has 0 spiro atoms. The lowest BCUT2D eigenvalue weighted by molar-refractivity contribution is -0.0231. The Balaban J connectivity index is 1.32. The van der Waals surface area contributed by atoms with E-state index < -0.39 is 6.10 Å². The molecule has 2 aromatic carbocycles. The number of para-hydroxylation sites is 2. The van der Waals surface area contributed by atoms with E-state index in [2.05, 4.69) is 9.47 Å². The van der Waals surface area contributed by atoms with Crippen LogP contribution in [0.3, 0.4) is 0 Å². The molecule has 2 fully saturated rings. The second-order valence-electron chi connectivity index (χ2n) is 8.57. The lowest BCUT2D eigenvalue weighted by Crippen LogP contribution is -2.42. The van der Waals surface area contributed by atoms with Gasteiger partial charge < -0.3 is 29.2 Å². The Morgan fingerprint density at radius 2 is 1.71 bits per heavy atom. The molecule has 0 amide bonds. The fraction of sp³-hybridized carbons (Fsp3) is 0.458. The molecule has 1 aliphatic heterocycles. The number of methoxy groups -OCH3 is 1. The number of rotatable bonds is 6. The molecule has 0 radical (unpaired) electrons. The third-order valence-corrected chi connectivity index (χ3v) is 6.67. The number of aromatic nitrogens is 2. The SMILES string of the molecule is COc1ccc(O[C@@H]2C[C@@H]3CN(c4nc5ccccc5n4CCO)C[C@@H]3C[C@H]2O)cc1. The number of hydrogen-bond donors (Lipinski definition) is 2. The predicted octanol–water partition coefficient (Wildman–Crippen LogP) is 2.69. The second kappa shape index (κ2) is 8.40. The third-order valence-electron chi connectivity index (χ3n) is 6.67. The van der Waals surface area contributed by atoms with Crippen LogP contribution in [0.2, 0.25) is 0 Å². The van der Waals surface area contributed by atoms with E-state index in [1.807, 2.05) is 48.5 Å². The third kappa shape index (κ3) is 3.83. The molecular weight excluding hydrogens is 394 g/mol. The van der Waals surface area contributed by atoms with Crippen molar-refractivity contribution >= 4 is 17.0 Å². The molecule has 5 rings (SSSR count). The van der Waals surface area contributed by atoms with Gasteiger partial charge in [-0.3, -0.25) is 0 Å². The van der Waals surface area contributed by atoms with Gasteiger partial charge in [-0.25, -0.2) is 4.98 Å². The van der Waals surface area contributed by atoms with E-state index in [1.165, 1.54) is 0 Å². The highest BCUT2D eigenvalue weighted by Gasteiger charge is 2.43. The van der Waals surface area contributed by atoms with Crippen LogP contribution in [0.4, 0.5) is 5.95 Å². The number of fused-ring (bicyclic) bond motifs is 2. The first kappa shape index (κ1) is 20.2. The van der Waals surface area contributed by atoms with Crippen molar-refractivity contribution in [2.45, 2.75) is 31.6 Å². The van der Waals surface area contributed by atoms with E-state index in [9.17, 15) is 10.2 Å². The number of anilines is 1. The number of aliphatic hydroxyl groups excluding tert-OH is 2. The van der Waals surface area contributed by atoms with Crippen LogP contribution < -0.4 is 14.4 Å². The van der Waals surface area contributed by atoms with E-state index in [0.29, 0.717) is 18.4 Å². The van der Waals surface area contributed by atoms with Gasteiger partial charge in [0.05, 0.1) is 30.9 Å². The van der Waals surface area contributed by atoms with E-state index >= 15 is 0 Å². The maximum atomic E-state index is 10.8. The molecule has 164 valence electrons. The van der Waals surface area contributed by atoms with E-state index in [1.54, 1.807) is 7.11 Å². The number of hydrogen-bond acceptors (Lipinski definition) is 6. The maximum absolute atomic E-state index is 10.8. The number of imidazole rings is 1. The van der Waals surface area contributed by atoms with Crippen LogP contribution in [0.15, 0.2) is 48.5 Å². The van der Waals surface area contributed by atoms with Crippen LogP contribution in [0.1, 0.15) is 12.8 Å². The molecule has 1 aromatic heterocycles. The van der Waals surface area contributed by atoms with Crippen LogP contribution in [0.25, 0.3) is 11.0 Å². The number of aliphatic hydroxyl groups is 2. The summed E-state index contributed by atoms with van der Waals surface area (Å²) in [5.41, 5.74) is 1.99. The van der Waals surface area contributed by atoms with Gasteiger partial charge in [0.25, 0.3) is 0 Å². The molecule has 7 nitrogen and oxygen atoms in total. The van der Waals surface area contributed by atoms with Gasteiger partial charge in [0.15, 0.2) is 0 Å². The van der Waals surface area contributed by atoms with Crippen molar-refractivity contribution in [3.8, 4) is 11.5 Å². The lowest BCUT2D eigenvalue weighted by Gasteiger charge is -2.35. The van der Waals surface area contributed by atoms with Crippen molar-refractivity contribution in [1.29, 1.82) is 0 Å². The molecule has 1 saturated heterocycles. The Labute approximate surface area is 181 Å². The molecule has 2 heterocycles. The molecule has 1 saturated carbocycles. The number of nitrogens with zero attached hydrogens (tertiary/aromatic N) is 3. The highest BCUT2D eigenvalue weighted by molar-refractivity contribution is 5.78. The van der Waals surface area contributed by atoms with Crippen molar-refractivity contribution in [2.24, 2.45) is 11.8 Å². The highest BCUT2D eigenvalue weighted by Crippen LogP contribution is 2.40. The van der Waals surface area contributed by atoms with Gasteiger partial charge in [-0.1, -0.05) is 12.1 Å².